The Morgan fingerprint density at radius 1 is 1.52 bits per heavy atom. The van der Waals surface area contributed by atoms with Crippen LogP contribution in [0.2, 0.25) is 0 Å². The lowest BCUT2D eigenvalue weighted by Crippen LogP contribution is -2.51. The van der Waals surface area contributed by atoms with Crippen molar-refractivity contribution >= 4 is 12.0 Å². The van der Waals surface area contributed by atoms with Crippen molar-refractivity contribution < 1.29 is 19.1 Å². The van der Waals surface area contributed by atoms with Crippen LogP contribution in [0.3, 0.4) is 0 Å². The molecule has 0 bridgehead atoms. The predicted molar refractivity (Wildman–Crippen MR) is 86.7 cm³/mol. The van der Waals surface area contributed by atoms with Crippen LogP contribution in [0, 0.1) is 5.92 Å². The van der Waals surface area contributed by atoms with Gasteiger partial charge in [-0.15, -0.1) is 6.58 Å². The normalized spacial score (nSPS) is 30.2. The average molecular weight is 324 g/mol. The molecule has 23 heavy (non-hydrogen) atoms. The molecule has 6 heteroatoms. The molecule has 1 N–H and O–H groups in total. The molecule has 2 amide bonds. The van der Waals surface area contributed by atoms with Gasteiger partial charge in [-0.1, -0.05) is 6.08 Å². The highest BCUT2D eigenvalue weighted by molar-refractivity contribution is 5.80. The molecule has 2 rings (SSSR count). The summed E-state index contributed by atoms with van der Waals surface area (Å²) in [6.07, 6.45) is 2.29. The van der Waals surface area contributed by atoms with E-state index in [-0.39, 0.29) is 24.0 Å². The van der Waals surface area contributed by atoms with Crippen molar-refractivity contribution in [3.05, 3.63) is 12.7 Å². The highest BCUT2D eigenvalue weighted by atomic mass is 16.6. The molecule has 0 aromatic carbocycles. The van der Waals surface area contributed by atoms with E-state index in [9.17, 15) is 9.59 Å². The van der Waals surface area contributed by atoms with Crippen LogP contribution in [0.25, 0.3) is 0 Å². The number of carbonyl (C=O) groups is 2. The van der Waals surface area contributed by atoms with Crippen molar-refractivity contribution in [3.8, 4) is 0 Å². The number of nitrogens with one attached hydrogen (secondary N) is 1. The van der Waals surface area contributed by atoms with Gasteiger partial charge in [0.25, 0.3) is 0 Å². The van der Waals surface area contributed by atoms with Crippen molar-refractivity contribution in [1.82, 2.24) is 10.2 Å². The highest BCUT2D eigenvalue weighted by Gasteiger charge is 2.51. The fourth-order valence-electron chi connectivity index (χ4n) is 3.29. The topological polar surface area (TPSA) is 67.9 Å². The Labute approximate surface area is 138 Å². The third-order valence-electron chi connectivity index (χ3n) is 4.23. The SMILES string of the molecule is C=CC1OC(C)(C)N(C(=O)OC(C)(C)C)C1CC1CCNC1=O. The number of hydrogen-bond acceptors (Lipinski definition) is 4. The number of carbonyl (C=O) groups excluding carboxylic acids is 2. The first-order valence-electron chi connectivity index (χ1n) is 8.15. The Bertz CT molecular complexity index is 495. The van der Waals surface area contributed by atoms with Gasteiger partial charge in [0, 0.05) is 12.5 Å². The molecule has 0 aliphatic carbocycles. The summed E-state index contributed by atoms with van der Waals surface area (Å²) in [5.41, 5.74) is -1.39. The molecule has 130 valence electrons. The maximum absolute atomic E-state index is 12.7. The number of ether oxygens (including phenoxy) is 2. The van der Waals surface area contributed by atoms with Crippen LogP contribution in [-0.4, -0.2) is 46.9 Å². The highest BCUT2D eigenvalue weighted by Crippen LogP contribution is 2.37. The smallest absolute Gasteiger partial charge is 0.412 e. The molecule has 0 saturated carbocycles. The van der Waals surface area contributed by atoms with E-state index in [4.69, 9.17) is 9.47 Å². The summed E-state index contributed by atoms with van der Waals surface area (Å²) < 4.78 is 11.5. The van der Waals surface area contributed by atoms with Gasteiger partial charge >= 0.3 is 6.09 Å². The molecule has 2 aliphatic rings. The standard InChI is InChI=1S/C17H28N2O4/c1-7-13-12(10-11-8-9-18-14(11)20)19(17(5,6)22-13)15(21)23-16(2,3)4/h7,11-13H,1,8-10H2,2-6H3,(H,18,20). The third kappa shape index (κ3) is 3.86. The lowest BCUT2D eigenvalue weighted by Gasteiger charge is -2.35. The van der Waals surface area contributed by atoms with Crippen LogP contribution in [0.4, 0.5) is 4.79 Å². The van der Waals surface area contributed by atoms with Crippen LogP contribution >= 0.6 is 0 Å². The summed E-state index contributed by atoms with van der Waals surface area (Å²) in [5, 5.41) is 2.84. The molecule has 3 atom stereocenters. The van der Waals surface area contributed by atoms with E-state index < -0.39 is 17.4 Å². The van der Waals surface area contributed by atoms with Crippen LogP contribution in [0.5, 0.6) is 0 Å². The maximum atomic E-state index is 12.7. The number of rotatable bonds is 3. The summed E-state index contributed by atoms with van der Waals surface area (Å²) in [4.78, 5) is 26.2. The first kappa shape index (κ1) is 17.8. The first-order valence-corrected chi connectivity index (χ1v) is 8.15. The Balaban J connectivity index is 2.23. The Kier molecular flexibility index (Phi) is 4.76. The van der Waals surface area contributed by atoms with Crippen molar-refractivity contribution in [1.29, 1.82) is 0 Å². The van der Waals surface area contributed by atoms with E-state index in [1.54, 1.807) is 11.0 Å². The molecule has 3 unspecified atom stereocenters. The second kappa shape index (κ2) is 6.15. The van der Waals surface area contributed by atoms with E-state index >= 15 is 0 Å². The molecule has 0 radical (unpaired) electrons. The quantitative estimate of drug-likeness (QED) is 0.810. The molecule has 2 heterocycles. The van der Waals surface area contributed by atoms with Gasteiger partial charge in [0.2, 0.25) is 5.91 Å². The Hall–Kier alpha value is -1.56. The van der Waals surface area contributed by atoms with Gasteiger partial charge in [-0.2, -0.15) is 0 Å². The van der Waals surface area contributed by atoms with Gasteiger partial charge in [-0.05, 0) is 47.5 Å². The summed E-state index contributed by atoms with van der Waals surface area (Å²) in [6, 6.07) is -0.258. The maximum Gasteiger partial charge on any atom is 0.412 e. The van der Waals surface area contributed by atoms with Crippen LogP contribution in [-0.2, 0) is 14.3 Å². The van der Waals surface area contributed by atoms with Gasteiger partial charge in [-0.25, -0.2) is 4.79 Å². The van der Waals surface area contributed by atoms with Crippen LogP contribution < -0.4 is 5.32 Å². The van der Waals surface area contributed by atoms with E-state index in [1.807, 2.05) is 34.6 Å². The number of amides is 2. The van der Waals surface area contributed by atoms with Crippen molar-refractivity contribution in [2.75, 3.05) is 6.54 Å². The second-order valence-corrected chi connectivity index (χ2v) is 7.69. The predicted octanol–water partition coefficient (Wildman–Crippen LogP) is 2.44. The van der Waals surface area contributed by atoms with Gasteiger partial charge in [0.1, 0.15) is 11.3 Å². The molecule has 2 fully saturated rings. The zero-order chi connectivity index (χ0) is 17.4. The molecule has 6 nitrogen and oxygen atoms in total. The van der Waals surface area contributed by atoms with Crippen molar-refractivity contribution in [2.24, 2.45) is 5.92 Å². The summed E-state index contributed by atoms with van der Waals surface area (Å²) in [5.74, 6) is -0.0634. The fourth-order valence-corrected chi connectivity index (χ4v) is 3.29. The minimum atomic E-state index is -0.805. The molecule has 0 aromatic rings. The van der Waals surface area contributed by atoms with Crippen LogP contribution in [0.1, 0.15) is 47.5 Å². The van der Waals surface area contributed by atoms with Crippen molar-refractivity contribution in [3.63, 3.8) is 0 Å². The fraction of sp³-hybridized carbons (Fsp3) is 0.765. The van der Waals surface area contributed by atoms with Gasteiger partial charge in [0.05, 0.1) is 12.1 Å². The number of hydrogen-bond donors (Lipinski definition) is 1. The van der Waals surface area contributed by atoms with Gasteiger partial charge < -0.3 is 14.8 Å². The molecule has 0 spiro atoms. The Morgan fingerprint density at radius 2 is 2.17 bits per heavy atom. The lowest BCUT2D eigenvalue weighted by molar-refractivity contribution is -0.123. The molecular formula is C17H28N2O4. The van der Waals surface area contributed by atoms with E-state index in [2.05, 4.69) is 11.9 Å². The zero-order valence-corrected chi connectivity index (χ0v) is 14.7. The van der Waals surface area contributed by atoms with E-state index in [1.165, 1.54) is 0 Å². The third-order valence-corrected chi connectivity index (χ3v) is 4.23. The first-order chi connectivity index (χ1) is 10.5. The van der Waals surface area contributed by atoms with Crippen LogP contribution in [0.15, 0.2) is 12.7 Å². The zero-order valence-electron chi connectivity index (χ0n) is 14.7. The van der Waals surface area contributed by atoms with Gasteiger partial charge in [-0.3, -0.25) is 9.69 Å². The second-order valence-electron chi connectivity index (χ2n) is 7.69. The molecular weight excluding hydrogens is 296 g/mol. The van der Waals surface area contributed by atoms with E-state index in [0.717, 1.165) is 6.42 Å². The number of nitrogens with zero attached hydrogens (tertiary/aromatic N) is 1. The van der Waals surface area contributed by atoms with E-state index in [0.29, 0.717) is 13.0 Å². The monoisotopic (exact) mass is 324 g/mol. The minimum absolute atomic E-state index is 0.0432. The lowest BCUT2D eigenvalue weighted by atomic mass is 9.94. The Morgan fingerprint density at radius 3 is 2.65 bits per heavy atom. The molecule has 0 aromatic heterocycles. The summed E-state index contributed by atoms with van der Waals surface area (Å²) in [7, 11) is 0. The minimum Gasteiger partial charge on any atom is -0.444 e. The largest absolute Gasteiger partial charge is 0.444 e. The van der Waals surface area contributed by atoms with Crippen molar-refractivity contribution in [2.45, 2.75) is 70.9 Å². The molecule has 2 saturated heterocycles. The molecule has 2 aliphatic heterocycles. The van der Waals surface area contributed by atoms with Gasteiger partial charge in [0.15, 0.2) is 0 Å². The summed E-state index contributed by atoms with van der Waals surface area (Å²) >= 11 is 0. The summed E-state index contributed by atoms with van der Waals surface area (Å²) in [6.45, 7) is 13.7. The average Bonchev–Trinajstić information content (AvgIpc) is 2.89.